The van der Waals surface area contributed by atoms with E-state index in [1.807, 2.05) is 0 Å². The van der Waals surface area contributed by atoms with Crippen LogP contribution in [0.5, 0.6) is 0 Å². The summed E-state index contributed by atoms with van der Waals surface area (Å²) in [6.45, 7) is 4.14. The highest BCUT2D eigenvalue weighted by atomic mass is 16.9. The first-order chi connectivity index (χ1) is 18.1. The summed E-state index contributed by atoms with van der Waals surface area (Å²) >= 11 is 0. The van der Waals surface area contributed by atoms with E-state index in [-0.39, 0.29) is 37.0 Å². The van der Waals surface area contributed by atoms with E-state index in [0.29, 0.717) is 56.7 Å². The SMILES string of the molecule is CC(C)C(OC(=O)CCCCCNC(=O)CCCCCN1C(=O)C=CC1=O)OC(=O)ON1C(=O)CCC1=O. The van der Waals surface area contributed by atoms with E-state index in [1.54, 1.807) is 13.8 Å². The molecule has 0 bridgehead atoms. The van der Waals surface area contributed by atoms with Crippen LogP contribution in [0.1, 0.15) is 78.1 Å². The quantitative estimate of drug-likeness (QED) is 0.133. The molecule has 2 aliphatic heterocycles. The summed E-state index contributed by atoms with van der Waals surface area (Å²) in [7, 11) is 0. The third-order valence-electron chi connectivity index (χ3n) is 5.74. The normalized spacial score (nSPS) is 15.9. The highest BCUT2D eigenvalue weighted by molar-refractivity contribution is 6.12. The molecule has 1 N–H and O–H groups in total. The minimum Gasteiger partial charge on any atom is -0.425 e. The van der Waals surface area contributed by atoms with E-state index in [4.69, 9.17) is 9.47 Å². The van der Waals surface area contributed by atoms with Gasteiger partial charge in [0, 0.05) is 56.8 Å². The summed E-state index contributed by atoms with van der Waals surface area (Å²) in [5.74, 6) is -2.96. The van der Waals surface area contributed by atoms with Gasteiger partial charge in [-0.05, 0) is 25.7 Å². The number of amides is 5. The Kier molecular flexibility index (Phi) is 12.4. The van der Waals surface area contributed by atoms with E-state index < -0.39 is 36.1 Å². The van der Waals surface area contributed by atoms with Gasteiger partial charge in [0.1, 0.15) is 0 Å². The van der Waals surface area contributed by atoms with Crippen LogP contribution >= 0.6 is 0 Å². The first-order valence-electron chi connectivity index (χ1n) is 12.8. The number of rotatable bonds is 16. The van der Waals surface area contributed by atoms with Crippen molar-refractivity contribution in [1.29, 1.82) is 0 Å². The number of imide groups is 2. The second-order valence-electron chi connectivity index (χ2n) is 9.28. The maximum atomic E-state index is 12.1. The molecule has 210 valence electrons. The minimum atomic E-state index is -1.31. The van der Waals surface area contributed by atoms with Gasteiger partial charge in [0.25, 0.3) is 29.9 Å². The van der Waals surface area contributed by atoms with E-state index in [0.717, 1.165) is 6.42 Å². The molecular formula is C25H35N3O10. The van der Waals surface area contributed by atoms with Gasteiger partial charge in [-0.25, -0.2) is 4.79 Å². The van der Waals surface area contributed by atoms with Crippen molar-refractivity contribution in [1.82, 2.24) is 15.3 Å². The van der Waals surface area contributed by atoms with Gasteiger partial charge in [0.05, 0.1) is 0 Å². The predicted molar refractivity (Wildman–Crippen MR) is 129 cm³/mol. The minimum absolute atomic E-state index is 0.0519. The average molecular weight is 538 g/mol. The summed E-state index contributed by atoms with van der Waals surface area (Å²) in [4.78, 5) is 87.7. The monoisotopic (exact) mass is 537 g/mol. The van der Waals surface area contributed by atoms with Crippen molar-refractivity contribution in [2.75, 3.05) is 13.1 Å². The Hall–Kier alpha value is -3.77. The number of ether oxygens (including phenoxy) is 2. The molecule has 2 rings (SSSR count). The van der Waals surface area contributed by atoms with Gasteiger partial charge < -0.3 is 14.8 Å². The number of esters is 1. The number of nitrogens with one attached hydrogen (secondary N) is 1. The number of nitrogens with zero attached hydrogens (tertiary/aromatic N) is 2. The van der Waals surface area contributed by atoms with Crippen LogP contribution < -0.4 is 5.32 Å². The Bertz CT molecular complexity index is 912. The second kappa shape index (κ2) is 15.5. The predicted octanol–water partition coefficient (Wildman–Crippen LogP) is 1.89. The summed E-state index contributed by atoms with van der Waals surface area (Å²) in [5.41, 5.74) is 0. The lowest BCUT2D eigenvalue weighted by Gasteiger charge is -2.22. The van der Waals surface area contributed by atoms with Crippen molar-refractivity contribution >= 4 is 41.7 Å². The highest BCUT2D eigenvalue weighted by Crippen LogP contribution is 2.16. The molecule has 1 atom stereocenters. The lowest BCUT2D eigenvalue weighted by atomic mass is 10.1. The smallest absolute Gasteiger partial charge is 0.425 e. The Morgan fingerprint density at radius 3 is 2.08 bits per heavy atom. The molecule has 1 saturated heterocycles. The summed E-state index contributed by atoms with van der Waals surface area (Å²) in [6.07, 6.45) is 4.12. The van der Waals surface area contributed by atoms with Gasteiger partial charge in [0.15, 0.2) is 0 Å². The average Bonchev–Trinajstić information content (AvgIpc) is 3.35. The molecular weight excluding hydrogens is 502 g/mol. The summed E-state index contributed by atoms with van der Waals surface area (Å²) < 4.78 is 10.2. The summed E-state index contributed by atoms with van der Waals surface area (Å²) in [5, 5.41) is 3.16. The zero-order valence-electron chi connectivity index (χ0n) is 21.8. The van der Waals surface area contributed by atoms with Crippen LogP contribution in [-0.2, 0) is 43.1 Å². The second-order valence-corrected chi connectivity index (χ2v) is 9.28. The number of carbonyl (C=O) groups excluding carboxylic acids is 7. The zero-order valence-corrected chi connectivity index (χ0v) is 21.8. The Morgan fingerprint density at radius 1 is 0.842 bits per heavy atom. The van der Waals surface area contributed by atoms with Gasteiger partial charge in [-0.1, -0.05) is 31.8 Å². The third kappa shape index (κ3) is 10.3. The lowest BCUT2D eigenvalue weighted by Crippen LogP contribution is -2.36. The number of unbranched alkanes of at least 4 members (excludes halogenated alkanes) is 4. The topological polar surface area (TPSA) is 166 Å². The number of carbonyl (C=O) groups is 7. The number of hydrogen-bond acceptors (Lipinski definition) is 10. The number of hydroxylamine groups is 2. The molecule has 38 heavy (non-hydrogen) atoms. The maximum Gasteiger partial charge on any atom is 0.537 e. The molecule has 0 aliphatic carbocycles. The molecule has 0 aromatic rings. The number of hydrogen-bond donors (Lipinski definition) is 1. The Labute approximate surface area is 220 Å². The van der Waals surface area contributed by atoms with E-state index in [2.05, 4.69) is 10.2 Å². The molecule has 13 nitrogen and oxygen atoms in total. The molecule has 2 heterocycles. The van der Waals surface area contributed by atoms with Gasteiger partial charge in [-0.15, -0.1) is 0 Å². The van der Waals surface area contributed by atoms with Gasteiger partial charge >= 0.3 is 12.1 Å². The lowest BCUT2D eigenvalue weighted by molar-refractivity contribution is -0.199. The molecule has 0 radical (unpaired) electrons. The summed E-state index contributed by atoms with van der Waals surface area (Å²) in [6, 6.07) is 0. The van der Waals surface area contributed by atoms with Crippen molar-refractivity contribution in [2.45, 2.75) is 84.3 Å². The highest BCUT2D eigenvalue weighted by Gasteiger charge is 2.35. The van der Waals surface area contributed by atoms with Gasteiger partial charge in [0.2, 0.25) is 5.91 Å². The van der Waals surface area contributed by atoms with Crippen molar-refractivity contribution < 1.29 is 47.9 Å². The van der Waals surface area contributed by atoms with Crippen molar-refractivity contribution in [2.24, 2.45) is 5.92 Å². The van der Waals surface area contributed by atoms with E-state index >= 15 is 0 Å². The molecule has 1 unspecified atom stereocenters. The fourth-order valence-corrected chi connectivity index (χ4v) is 3.60. The molecule has 1 fully saturated rings. The largest absolute Gasteiger partial charge is 0.537 e. The Balaban J connectivity index is 1.50. The van der Waals surface area contributed by atoms with Gasteiger partial charge in [-0.3, -0.25) is 38.5 Å². The molecule has 13 heteroatoms. The van der Waals surface area contributed by atoms with Crippen LogP contribution in [0.3, 0.4) is 0 Å². The standard InChI is InChI=1S/C25H35N3O10/c1-17(2)24(37-25(35)38-28-21(32)13-14-22(28)33)36-23(34)10-6-3-7-15-26-18(29)9-5-4-8-16-27-19(30)11-12-20(27)31/h11-12,17,24H,3-10,13-16H2,1-2H3,(H,26,29). The molecule has 0 aromatic heterocycles. The zero-order chi connectivity index (χ0) is 28.1. The van der Waals surface area contributed by atoms with Crippen LogP contribution in [0.4, 0.5) is 4.79 Å². The first kappa shape index (κ1) is 30.5. The van der Waals surface area contributed by atoms with Gasteiger partial charge in [-0.2, -0.15) is 0 Å². The Morgan fingerprint density at radius 2 is 1.45 bits per heavy atom. The van der Waals surface area contributed by atoms with Crippen LogP contribution in [-0.4, -0.2) is 71.0 Å². The van der Waals surface area contributed by atoms with Crippen LogP contribution in [0.15, 0.2) is 12.2 Å². The van der Waals surface area contributed by atoms with Crippen molar-refractivity contribution in [3.05, 3.63) is 12.2 Å². The van der Waals surface area contributed by atoms with Crippen molar-refractivity contribution in [3.8, 4) is 0 Å². The van der Waals surface area contributed by atoms with E-state index in [1.165, 1.54) is 17.1 Å². The fraction of sp³-hybridized carbons (Fsp3) is 0.640. The maximum absolute atomic E-state index is 12.1. The van der Waals surface area contributed by atoms with Crippen molar-refractivity contribution in [3.63, 3.8) is 0 Å². The van der Waals surface area contributed by atoms with Crippen LogP contribution in [0.25, 0.3) is 0 Å². The third-order valence-corrected chi connectivity index (χ3v) is 5.74. The fourth-order valence-electron chi connectivity index (χ4n) is 3.60. The molecule has 5 amide bonds. The van der Waals surface area contributed by atoms with E-state index in [9.17, 15) is 33.6 Å². The first-order valence-corrected chi connectivity index (χ1v) is 12.8. The van der Waals surface area contributed by atoms with Crippen LogP contribution in [0.2, 0.25) is 0 Å². The van der Waals surface area contributed by atoms with Crippen LogP contribution in [0, 0.1) is 5.92 Å². The molecule has 0 spiro atoms. The molecule has 2 aliphatic rings. The molecule has 0 saturated carbocycles. The molecule has 0 aromatic carbocycles.